The number of ketones is 1. The fourth-order valence-electron chi connectivity index (χ4n) is 3.90. The summed E-state index contributed by atoms with van der Waals surface area (Å²) in [6.45, 7) is 0.404. The smallest absolute Gasteiger partial charge is 0.408 e. The molecule has 0 spiro atoms. The van der Waals surface area contributed by atoms with Crippen molar-refractivity contribution in [1.29, 1.82) is 0 Å². The summed E-state index contributed by atoms with van der Waals surface area (Å²) in [4.78, 5) is 25.4. The Bertz CT molecular complexity index is 1140. The van der Waals surface area contributed by atoms with Gasteiger partial charge in [-0.15, -0.1) is 0 Å². The number of carbonyl (C=O) groups is 2. The second-order valence-corrected chi connectivity index (χ2v) is 8.46. The Balaban J connectivity index is 1.47. The maximum Gasteiger partial charge on any atom is 0.408 e. The van der Waals surface area contributed by atoms with E-state index in [1.807, 2.05) is 91.0 Å². The highest BCUT2D eigenvalue weighted by atomic mass is 16.6. The van der Waals surface area contributed by atoms with Gasteiger partial charge in [0, 0.05) is 0 Å². The first kappa shape index (κ1) is 25.3. The van der Waals surface area contributed by atoms with Crippen molar-refractivity contribution in [1.82, 2.24) is 5.32 Å². The number of amides is 1. The molecule has 36 heavy (non-hydrogen) atoms. The Morgan fingerprint density at radius 1 is 0.750 bits per heavy atom. The van der Waals surface area contributed by atoms with Crippen molar-refractivity contribution >= 4 is 11.9 Å². The molecule has 2 N–H and O–H groups in total. The maximum absolute atomic E-state index is 12.8. The van der Waals surface area contributed by atoms with Crippen molar-refractivity contribution in [2.75, 3.05) is 0 Å². The van der Waals surface area contributed by atoms with E-state index in [1.54, 1.807) is 0 Å². The first-order valence-corrected chi connectivity index (χ1v) is 11.8. The summed E-state index contributed by atoms with van der Waals surface area (Å²) in [6, 6.07) is 27.3. The fourth-order valence-corrected chi connectivity index (χ4v) is 3.90. The molecule has 186 valence electrons. The minimum absolute atomic E-state index is 0.0863. The lowest BCUT2D eigenvalue weighted by Crippen LogP contribution is -2.52. The SMILES string of the molecule is O=C(N[C@@H]1C=CC(=O)[C@@H](OCc2ccccc2)[C@H](O)[C@H]1OCc1ccccc1)OCc1ccccc1. The summed E-state index contributed by atoms with van der Waals surface area (Å²) in [5.41, 5.74) is 2.59. The third-order valence-electron chi connectivity index (χ3n) is 5.80. The molecule has 0 aromatic heterocycles. The van der Waals surface area contributed by atoms with Gasteiger partial charge in [0.1, 0.15) is 24.9 Å². The topological polar surface area (TPSA) is 94.1 Å². The second-order valence-electron chi connectivity index (χ2n) is 8.46. The van der Waals surface area contributed by atoms with Crippen molar-refractivity contribution in [2.24, 2.45) is 0 Å². The third kappa shape index (κ3) is 7.11. The molecule has 0 saturated carbocycles. The Morgan fingerprint density at radius 2 is 1.25 bits per heavy atom. The number of hydrogen-bond donors (Lipinski definition) is 2. The number of aliphatic hydroxyl groups excluding tert-OH is 1. The summed E-state index contributed by atoms with van der Waals surface area (Å²) >= 11 is 0. The van der Waals surface area contributed by atoms with E-state index in [4.69, 9.17) is 14.2 Å². The first-order valence-electron chi connectivity index (χ1n) is 11.8. The van der Waals surface area contributed by atoms with E-state index in [0.717, 1.165) is 16.7 Å². The molecule has 0 fully saturated rings. The fraction of sp³-hybridized carbons (Fsp3) is 0.241. The summed E-state index contributed by atoms with van der Waals surface area (Å²) in [7, 11) is 0. The lowest BCUT2D eigenvalue weighted by molar-refractivity contribution is -0.149. The molecule has 7 heteroatoms. The van der Waals surface area contributed by atoms with Gasteiger partial charge in [-0.3, -0.25) is 4.79 Å². The number of alkyl carbamates (subject to hydrolysis) is 1. The number of rotatable bonds is 9. The Hall–Kier alpha value is -3.78. The first-order chi connectivity index (χ1) is 17.6. The zero-order valence-electron chi connectivity index (χ0n) is 19.7. The van der Waals surface area contributed by atoms with Crippen LogP contribution in [0.5, 0.6) is 0 Å². The van der Waals surface area contributed by atoms with Crippen LogP contribution in [0.1, 0.15) is 16.7 Å². The summed E-state index contributed by atoms with van der Waals surface area (Å²) in [6.07, 6.45) is -1.32. The highest BCUT2D eigenvalue weighted by molar-refractivity contribution is 5.94. The normalized spacial score (nSPS) is 21.5. The minimum Gasteiger partial charge on any atom is -0.445 e. The van der Waals surface area contributed by atoms with Crippen LogP contribution in [0.25, 0.3) is 0 Å². The van der Waals surface area contributed by atoms with Crippen molar-refractivity contribution in [3.05, 3.63) is 120 Å². The van der Waals surface area contributed by atoms with Gasteiger partial charge in [0.2, 0.25) is 0 Å². The average Bonchev–Trinajstić information content (AvgIpc) is 3.02. The predicted octanol–water partition coefficient (Wildman–Crippen LogP) is 3.95. The lowest BCUT2D eigenvalue weighted by atomic mass is 10.0. The third-order valence-corrected chi connectivity index (χ3v) is 5.80. The summed E-state index contributed by atoms with van der Waals surface area (Å²) in [5, 5.41) is 13.9. The van der Waals surface area contributed by atoms with E-state index in [-0.39, 0.29) is 19.8 Å². The van der Waals surface area contributed by atoms with E-state index < -0.39 is 36.2 Å². The van der Waals surface area contributed by atoms with Gasteiger partial charge in [0.15, 0.2) is 5.78 Å². The van der Waals surface area contributed by atoms with Crippen LogP contribution in [-0.4, -0.2) is 41.3 Å². The van der Waals surface area contributed by atoms with Gasteiger partial charge in [0.25, 0.3) is 0 Å². The van der Waals surface area contributed by atoms with Crippen LogP contribution >= 0.6 is 0 Å². The van der Waals surface area contributed by atoms with E-state index in [1.165, 1.54) is 12.2 Å². The Morgan fingerprint density at radius 3 is 1.81 bits per heavy atom. The van der Waals surface area contributed by atoms with E-state index in [2.05, 4.69) is 5.32 Å². The summed E-state index contributed by atoms with van der Waals surface area (Å²) in [5.74, 6) is -0.409. The molecule has 1 amide bonds. The lowest BCUT2D eigenvalue weighted by Gasteiger charge is -2.31. The van der Waals surface area contributed by atoms with Crippen molar-refractivity contribution in [3.8, 4) is 0 Å². The van der Waals surface area contributed by atoms with E-state index >= 15 is 0 Å². The van der Waals surface area contributed by atoms with E-state index in [9.17, 15) is 14.7 Å². The standard InChI is InChI=1S/C29H29NO6/c31-25-17-16-24(30-29(33)36-20-23-14-8-3-9-15-23)27(34-18-21-10-4-1-5-11-21)26(32)28(25)35-19-22-12-6-2-7-13-22/h1-17,24,26-28,32H,18-20H2,(H,30,33)/t24-,26-,27+,28-/m1/s1. The van der Waals surface area contributed by atoms with Crippen LogP contribution < -0.4 is 5.32 Å². The number of aliphatic hydroxyl groups is 1. The zero-order chi connectivity index (χ0) is 25.2. The van der Waals surface area contributed by atoms with Crippen molar-refractivity contribution < 1.29 is 28.9 Å². The quantitative estimate of drug-likeness (QED) is 0.475. The largest absolute Gasteiger partial charge is 0.445 e. The minimum atomic E-state index is -1.33. The van der Waals surface area contributed by atoms with Gasteiger partial charge in [0.05, 0.1) is 19.3 Å². The van der Waals surface area contributed by atoms with Gasteiger partial charge in [-0.1, -0.05) is 97.1 Å². The van der Waals surface area contributed by atoms with Gasteiger partial charge in [-0.2, -0.15) is 0 Å². The molecule has 0 aliphatic heterocycles. The molecule has 0 heterocycles. The molecule has 7 nitrogen and oxygen atoms in total. The monoisotopic (exact) mass is 487 g/mol. The molecule has 0 radical (unpaired) electrons. The van der Waals surface area contributed by atoms with Crippen LogP contribution in [0.2, 0.25) is 0 Å². The average molecular weight is 488 g/mol. The zero-order valence-corrected chi connectivity index (χ0v) is 19.7. The van der Waals surface area contributed by atoms with Crippen molar-refractivity contribution in [2.45, 2.75) is 44.2 Å². The molecule has 0 saturated heterocycles. The summed E-state index contributed by atoms with van der Waals surface area (Å²) < 4.78 is 17.2. The molecule has 1 aliphatic carbocycles. The molecule has 3 aromatic carbocycles. The second kappa shape index (κ2) is 12.8. The molecule has 3 aromatic rings. The number of carbonyl (C=O) groups excluding carboxylic acids is 2. The van der Waals surface area contributed by atoms with Gasteiger partial charge in [-0.05, 0) is 22.8 Å². The highest BCUT2D eigenvalue weighted by Gasteiger charge is 2.40. The number of benzene rings is 3. The van der Waals surface area contributed by atoms with Crippen LogP contribution in [0, 0.1) is 0 Å². The Kier molecular flexibility index (Phi) is 8.99. The van der Waals surface area contributed by atoms with Gasteiger partial charge < -0.3 is 24.6 Å². The predicted molar refractivity (Wildman–Crippen MR) is 134 cm³/mol. The van der Waals surface area contributed by atoms with E-state index in [0.29, 0.717) is 0 Å². The van der Waals surface area contributed by atoms with Crippen LogP contribution in [0.4, 0.5) is 4.79 Å². The molecule has 4 rings (SSSR count). The van der Waals surface area contributed by atoms with Crippen LogP contribution in [-0.2, 0) is 38.8 Å². The van der Waals surface area contributed by atoms with Gasteiger partial charge in [-0.25, -0.2) is 4.79 Å². The molecule has 0 unspecified atom stereocenters. The Labute approximate surface area is 210 Å². The highest BCUT2D eigenvalue weighted by Crippen LogP contribution is 2.21. The number of nitrogens with one attached hydrogen (secondary N) is 1. The number of ether oxygens (including phenoxy) is 3. The van der Waals surface area contributed by atoms with Crippen LogP contribution in [0.15, 0.2) is 103 Å². The molecule has 1 aliphatic rings. The molecule has 0 bridgehead atoms. The van der Waals surface area contributed by atoms with Crippen molar-refractivity contribution in [3.63, 3.8) is 0 Å². The number of hydrogen-bond acceptors (Lipinski definition) is 6. The maximum atomic E-state index is 12.8. The molecular formula is C29H29NO6. The van der Waals surface area contributed by atoms with Gasteiger partial charge >= 0.3 is 6.09 Å². The molecule has 4 atom stereocenters. The van der Waals surface area contributed by atoms with Crippen LogP contribution in [0.3, 0.4) is 0 Å². The molecular weight excluding hydrogens is 458 g/mol.